The molecular weight excluding hydrogens is 721 g/mol. The topological polar surface area (TPSA) is 149 Å². The van der Waals surface area contributed by atoms with Crippen LogP contribution in [0.15, 0.2) is 24.3 Å². The Kier molecular flexibility index (Phi) is 16.9. The van der Waals surface area contributed by atoms with Gasteiger partial charge in [-0.25, -0.2) is 14.4 Å². The third-order valence-corrected chi connectivity index (χ3v) is 12.6. The van der Waals surface area contributed by atoms with Gasteiger partial charge in [-0.3, -0.25) is 4.79 Å². The first-order valence-electron chi connectivity index (χ1n) is 17.0. The maximum Gasteiger partial charge on any atom is 0.329 e. The van der Waals surface area contributed by atoms with Crippen molar-refractivity contribution in [2.45, 2.75) is 151 Å². The van der Waals surface area contributed by atoms with Crippen molar-refractivity contribution in [1.29, 1.82) is 0 Å². The Morgan fingerprint density at radius 1 is 0.667 bits per heavy atom. The van der Waals surface area contributed by atoms with Crippen molar-refractivity contribution in [3.8, 4) is 0 Å². The molecule has 0 bridgehead atoms. The van der Waals surface area contributed by atoms with Crippen LogP contribution >= 0.6 is 0 Å². The van der Waals surface area contributed by atoms with Gasteiger partial charge in [0.1, 0.15) is 28.9 Å². The molecule has 0 radical (unpaired) electrons. The first-order chi connectivity index (χ1) is 21.8. The van der Waals surface area contributed by atoms with Gasteiger partial charge >= 0.3 is 145 Å². The van der Waals surface area contributed by atoms with Gasteiger partial charge in [0.25, 0.3) is 0 Å². The third kappa shape index (κ3) is 19.9. The SMILES string of the molecule is CC(C)(C)OC(=O)CC[C@H](NC(=O)N[C@@H](CCCNC(=O)CCCc1cc[c]([Sn]([CH3])([CH3])[CH3])cc1)C(=O)OC(C)(C)C)C(=O)OC(C)(C)C. The van der Waals surface area contributed by atoms with Crippen LogP contribution in [0.2, 0.25) is 14.8 Å². The first-order valence-corrected chi connectivity index (χ1v) is 26.9. The Balaban J connectivity index is 2.77. The van der Waals surface area contributed by atoms with Crippen LogP contribution in [0, 0.1) is 0 Å². The summed E-state index contributed by atoms with van der Waals surface area (Å²) in [5.41, 5.74) is -1.12. The maximum atomic E-state index is 13.1. The summed E-state index contributed by atoms with van der Waals surface area (Å²) >= 11 is -2.08. The van der Waals surface area contributed by atoms with Crippen LogP contribution in [0.1, 0.15) is 106 Å². The quantitative estimate of drug-likeness (QED) is 0.0887. The second kappa shape index (κ2) is 18.8. The minimum absolute atomic E-state index is 0.0645. The number of hydrogen-bond donors (Lipinski definition) is 3. The van der Waals surface area contributed by atoms with E-state index < -0.39 is 71.2 Å². The van der Waals surface area contributed by atoms with E-state index in [1.807, 2.05) is 0 Å². The molecule has 0 aliphatic rings. The van der Waals surface area contributed by atoms with Gasteiger partial charge < -0.3 is 24.8 Å². The van der Waals surface area contributed by atoms with E-state index in [4.69, 9.17) is 14.2 Å². The molecule has 272 valence electrons. The number of urea groups is 1. The Morgan fingerprint density at radius 2 is 1.15 bits per heavy atom. The van der Waals surface area contributed by atoms with Crippen LogP contribution in [0.3, 0.4) is 0 Å². The molecule has 0 spiro atoms. The van der Waals surface area contributed by atoms with Gasteiger partial charge in [0, 0.05) is 6.42 Å². The average molecular weight is 783 g/mol. The van der Waals surface area contributed by atoms with E-state index in [-0.39, 0.29) is 25.2 Å². The van der Waals surface area contributed by atoms with Crippen LogP contribution in [-0.4, -0.2) is 83.7 Å². The number of ether oxygens (including phenoxy) is 3. The Hall–Kier alpha value is -2.83. The first kappa shape index (κ1) is 43.2. The van der Waals surface area contributed by atoms with Gasteiger partial charge in [-0.1, -0.05) is 0 Å². The number of esters is 3. The minimum atomic E-state index is -2.08. The Morgan fingerprint density at radius 3 is 1.60 bits per heavy atom. The number of benzene rings is 1. The molecule has 12 heteroatoms. The van der Waals surface area contributed by atoms with Gasteiger partial charge in [0.15, 0.2) is 0 Å². The summed E-state index contributed by atoms with van der Waals surface area (Å²) in [5.74, 6) is -1.97. The second-order valence-electron chi connectivity index (χ2n) is 16.2. The number of nitrogens with one attached hydrogen (secondary N) is 3. The largest absolute Gasteiger partial charge is 0.458 e. The molecule has 3 N–H and O–H groups in total. The normalized spacial score (nSPS) is 13.5. The van der Waals surface area contributed by atoms with Crippen LogP contribution in [0.25, 0.3) is 0 Å². The van der Waals surface area contributed by atoms with Crippen molar-refractivity contribution in [2.75, 3.05) is 6.54 Å². The van der Waals surface area contributed by atoms with E-state index in [1.165, 1.54) is 9.14 Å². The zero-order valence-corrected chi connectivity index (χ0v) is 34.2. The molecule has 0 aliphatic heterocycles. The summed E-state index contributed by atoms with van der Waals surface area (Å²) in [6.45, 7) is 15.8. The van der Waals surface area contributed by atoms with E-state index in [9.17, 15) is 24.0 Å². The van der Waals surface area contributed by atoms with Crippen LogP contribution in [0.4, 0.5) is 4.79 Å². The van der Waals surface area contributed by atoms with Crippen LogP contribution < -0.4 is 19.5 Å². The number of hydrogen-bond acceptors (Lipinski definition) is 8. The fourth-order valence-electron chi connectivity index (χ4n) is 4.50. The molecule has 3 amide bonds. The van der Waals surface area contributed by atoms with Crippen molar-refractivity contribution in [2.24, 2.45) is 0 Å². The monoisotopic (exact) mass is 783 g/mol. The standard InChI is InChI=1S/C33H52N3O8.3CH3.Sn/c1-31(2,3)42-27(38)21-20-25(29(40)44-33(7,8)9)36-30(41)35-24(28(39)43-32(4,5)6)18-14-22-34-26(37)19-13-17-23-15-11-10-12-16-23;;;;/h11-12,15-16,24-25H,13-14,17-22H2,1-9H3,(H,34,37)(H2,35,36,41);3*1H3;/t24-,25-;;;;/m0..../s1. The molecule has 1 rings (SSSR count). The number of rotatable bonds is 16. The molecule has 0 aliphatic carbocycles. The summed E-state index contributed by atoms with van der Waals surface area (Å²) in [6.07, 6.45) is 2.29. The van der Waals surface area contributed by atoms with Crippen LogP contribution in [-0.2, 0) is 39.8 Å². The van der Waals surface area contributed by atoms with Gasteiger partial charge in [0.05, 0.1) is 0 Å². The molecule has 0 heterocycles. The molecule has 2 atom stereocenters. The van der Waals surface area contributed by atoms with Crippen molar-refractivity contribution in [1.82, 2.24) is 16.0 Å². The fourth-order valence-corrected chi connectivity index (χ4v) is 7.83. The van der Waals surface area contributed by atoms with Crippen molar-refractivity contribution >= 4 is 51.8 Å². The predicted octanol–water partition coefficient (Wildman–Crippen LogP) is 5.29. The van der Waals surface area contributed by atoms with Crippen molar-refractivity contribution in [3.05, 3.63) is 29.8 Å². The minimum Gasteiger partial charge on any atom is -0.458 e. The van der Waals surface area contributed by atoms with E-state index in [0.717, 1.165) is 12.8 Å². The molecule has 1 aromatic carbocycles. The summed E-state index contributed by atoms with van der Waals surface area (Å²) in [6, 6.07) is 5.75. The number of carbonyl (C=O) groups is 5. The molecule has 0 saturated carbocycles. The van der Waals surface area contributed by atoms with Gasteiger partial charge in [0.2, 0.25) is 0 Å². The van der Waals surface area contributed by atoms with Crippen molar-refractivity contribution < 1.29 is 38.2 Å². The zero-order valence-electron chi connectivity index (χ0n) is 31.4. The molecular formula is C36H61N3O8Sn. The van der Waals surface area contributed by atoms with E-state index in [0.29, 0.717) is 19.4 Å². The zero-order chi connectivity index (χ0) is 36.9. The average Bonchev–Trinajstić information content (AvgIpc) is 2.89. The van der Waals surface area contributed by atoms with Gasteiger partial charge in [-0.2, -0.15) is 0 Å². The molecule has 48 heavy (non-hydrogen) atoms. The van der Waals surface area contributed by atoms with Crippen LogP contribution in [0.5, 0.6) is 0 Å². The summed E-state index contributed by atoms with van der Waals surface area (Å²) in [4.78, 5) is 71.0. The fraction of sp³-hybridized carbons (Fsp3) is 0.694. The maximum absolute atomic E-state index is 13.1. The van der Waals surface area contributed by atoms with Crippen molar-refractivity contribution in [3.63, 3.8) is 0 Å². The third-order valence-electron chi connectivity index (χ3n) is 6.73. The molecule has 11 nitrogen and oxygen atoms in total. The van der Waals surface area contributed by atoms with E-state index >= 15 is 0 Å². The number of aryl methyl sites for hydroxylation is 1. The number of amides is 3. The molecule has 0 unspecified atom stereocenters. The smallest absolute Gasteiger partial charge is 0.329 e. The Bertz CT molecular complexity index is 1220. The summed E-state index contributed by atoms with van der Waals surface area (Å²) in [5, 5.41) is 8.05. The molecule has 0 fully saturated rings. The van der Waals surface area contributed by atoms with Gasteiger partial charge in [-0.05, 0) is 68.7 Å². The van der Waals surface area contributed by atoms with E-state index in [1.54, 1.807) is 62.3 Å². The second-order valence-corrected chi connectivity index (χ2v) is 30.7. The Labute approximate surface area is 292 Å². The predicted molar refractivity (Wildman–Crippen MR) is 191 cm³/mol. The molecule has 1 aromatic rings. The molecule has 0 saturated heterocycles. The van der Waals surface area contributed by atoms with E-state index in [2.05, 4.69) is 55.0 Å². The summed E-state index contributed by atoms with van der Waals surface area (Å²) < 4.78 is 17.8. The summed E-state index contributed by atoms with van der Waals surface area (Å²) in [7, 11) is 0. The van der Waals surface area contributed by atoms with Gasteiger partial charge in [-0.15, -0.1) is 0 Å². The molecule has 0 aromatic heterocycles. The number of carbonyl (C=O) groups excluding carboxylic acids is 5.